The molecule has 0 saturated heterocycles. The van der Waals surface area contributed by atoms with Gasteiger partial charge in [-0.15, -0.1) is 0 Å². The molecule has 0 saturated carbocycles. The fourth-order valence-electron chi connectivity index (χ4n) is 7.31. The Morgan fingerprint density at radius 1 is 0.569 bits per heavy atom. The van der Waals surface area contributed by atoms with E-state index in [1.54, 1.807) is 6.92 Å². The highest BCUT2D eigenvalue weighted by Crippen LogP contribution is 2.47. The Morgan fingerprint density at radius 3 is 1.24 bits per heavy atom. The molecule has 0 aromatic heterocycles. The van der Waals surface area contributed by atoms with E-state index < -0.39 is 19.5 Å². The monoisotopic (exact) mass is 741 g/mol. The predicted octanol–water partition coefficient (Wildman–Crippen LogP) is 12.5. The van der Waals surface area contributed by atoms with Gasteiger partial charge in [0.05, 0.1) is 21.1 Å². The summed E-state index contributed by atoms with van der Waals surface area (Å²) in [5.74, 6) is -0.532. The highest BCUT2D eigenvalue weighted by Gasteiger charge is 2.57. The molecule has 0 aliphatic rings. The van der Waals surface area contributed by atoms with E-state index in [-0.39, 0.29) is 35.3 Å². The molecule has 0 bridgehead atoms. The van der Waals surface area contributed by atoms with E-state index in [4.69, 9.17) is 4.52 Å². The van der Waals surface area contributed by atoms with Gasteiger partial charge in [0.2, 0.25) is 0 Å². The zero-order chi connectivity index (χ0) is 38.3. The number of rotatable bonds is 37. The lowest BCUT2D eigenvalue weighted by Gasteiger charge is -2.44. The van der Waals surface area contributed by atoms with Crippen LogP contribution in [-0.2, 0) is 18.7 Å². The number of ketones is 2. The normalized spacial score (nSPS) is 14.4. The molecule has 51 heavy (non-hydrogen) atoms. The average molecular weight is 741 g/mol. The second-order valence-corrected chi connectivity index (χ2v) is 17.1. The number of carbonyl (C=O) groups excluding carboxylic acids is 2. The number of Topliss-reactive ketones (excluding diaryl/α,β-unsaturated/α-hetero) is 2. The number of phosphoric acid groups is 1. The van der Waals surface area contributed by atoms with Crippen LogP contribution in [0.25, 0.3) is 0 Å². The number of quaternary nitrogens is 1. The Morgan fingerprint density at radius 2 is 0.902 bits per heavy atom. The topological polar surface area (TPSA) is 101 Å². The summed E-state index contributed by atoms with van der Waals surface area (Å²) in [6, 6.07) is -0.998. The molecule has 0 amide bonds. The standard InChI is InChI=1S/C43H82NO6P/c1-7-10-12-14-16-18-20-22-24-26-28-30-32-34-36-38-40(45)42(44(4,5)6)43(9-3,50-51(47,48)49)41(46)39-37-35-33-31-29-27-25-23-21-19-17-15-13-11-8-2/h22-25,42H,7-21,26-39H2,1-6H3,(H-,47,48,49)/p+1. The Hall–Kier alpha value is -1.11. The van der Waals surface area contributed by atoms with Gasteiger partial charge < -0.3 is 14.3 Å². The molecule has 0 aliphatic carbocycles. The van der Waals surface area contributed by atoms with Gasteiger partial charge in [0.15, 0.2) is 23.2 Å². The summed E-state index contributed by atoms with van der Waals surface area (Å²) in [7, 11) is 0.379. The zero-order valence-electron chi connectivity index (χ0n) is 34.3. The number of allylic oxidation sites excluding steroid dienone is 4. The number of nitrogens with zero attached hydrogens (tertiary/aromatic N) is 1. The van der Waals surface area contributed by atoms with Gasteiger partial charge in [0, 0.05) is 12.8 Å². The molecule has 0 fully saturated rings. The quantitative estimate of drug-likeness (QED) is 0.0285. The first-order valence-corrected chi connectivity index (χ1v) is 22.8. The Kier molecular flexibility index (Phi) is 30.6. The molecular weight excluding hydrogens is 657 g/mol. The minimum atomic E-state index is -5.05. The van der Waals surface area contributed by atoms with Gasteiger partial charge in [-0.25, -0.2) is 4.57 Å². The SMILES string of the molecule is CCCCCCCCC=CCCCCCCCC(=O)C(C(CC)(OP(=O)(O)O)C(=O)CCCCCCCC=CCCCCCCCC)[N+](C)(C)C. The van der Waals surface area contributed by atoms with E-state index in [1.807, 2.05) is 21.1 Å². The smallest absolute Gasteiger partial charge is 0.319 e. The van der Waals surface area contributed by atoms with Crippen molar-refractivity contribution >= 4 is 19.4 Å². The molecule has 300 valence electrons. The van der Waals surface area contributed by atoms with E-state index in [1.165, 1.54) is 89.9 Å². The Bertz CT molecular complexity index is 968. The third-order valence-corrected chi connectivity index (χ3v) is 10.7. The van der Waals surface area contributed by atoms with Crippen molar-refractivity contribution in [3.63, 3.8) is 0 Å². The van der Waals surface area contributed by atoms with Gasteiger partial charge in [-0.3, -0.25) is 14.1 Å². The summed E-state index contributed by atoms with van der Waals surface area (Å²) >= 11 is 0. The first kappa shape index (κ1) is 49.9. The fourth-order valence-corrected chi connectivity index (χ4v) is 8.07. The summed E-state index contributed by atoms with van der Waals surface area (Å²) in [6.07, 6.45) is 39.7. The molecule has 0 heterocycles. The molecule has 0 aromatic rings. The summed E-state index contributed by atoms with van der Waals surface area (Å²) in [5, 5.41) is 0. The van der Waals surface area contributed by atoms with Crippen molar-refractivity contribution in [2.75, 3.05) is 21.1 Å². The Labute approximate surface area is 315 Å². The molecule has 0 spiro atoms. The van der Waals surface area contributed by atoms with E-state index in [0.717, 1.165) is 64.2 Å². The van der Waals surface area contributed by atoms with Gasteiger partial charge in [-0.1, -0.05) is 148 Å². The molecule has 2 unspecified atom stereocenters. The van der Waals surface area contributed by atoms with Crippen molar-refractivity contribution in [1.82, 2.24) is 0 Å². The molecule has 0 aromatic carbocycles. The summed E-state index contributed by atoms with van der Waals surface area (Å²) < 4.78 is 17.8. The lowest BCUT2D eigenvalue weighted by Crippen LogP contribution is -2.66. The van der Waals surface area contributed by atoms with E-state index in [0.29, 0.717) is 12.8 Å². The van der Waals surface area contributed by atoms with Crippen LogP contribution in [0.4, 0.5) is 0 Å². The van der Waals surface area contributed by atoms with Crippen molar-refractivity contribution < 1.29 is 32.9 Å². The van der Waals surface area contributed by atoms with Crippen LogP contribution in [0.15, 0.2) is 24.3 Å². The number of likely N-dealkylation sites (N-methyl/N-ethyl adjacent to an activating group) is 1. The summed E-state index contributed by atoms with van der Waals surface area (Å²) in [6.45, 7) is 6.20. The largest absolute Gasteiger partial charge is 0.470 e. The third kappa shape index (κ3) is 26.3. The molecule has 2 N–H and O–H groups in total. The average Bonchev–Trinajstić information content (AvgIpc) is 3.06. The van der Waals surface area contributed by atoms with Gasteiger partial charge in [-0.2, -0.15) is 0 Å². The number of hydrogen-bond donors (Lipinski definition) is 2. The van der Waals surface area contributed by atoms with Gasteiger partial charge >= 0.3 is 7.82 Å². The van der Waals surface area contributed by atoms with Gasteiger partial charge in [-0.05, 0) is 70.6 Å². The van der Waals surface area contributed by atoms with E-state index >= 15 is 0 Å². The van der Waals surface area contributed by atoms with Gasteiger partial charge in [0.25, 0.3) is 0 Å². The van der Waals surface area contributed by atoms with Crippen LogP contribution in [0.1, 0.15) is 207 Å². The highest BCUT2D eigenvalue weighted by atomic mass is 31.2. The summed E-state index contributed by atoms with van der Waals surface area (Å²) in [4.78, 5) is 47.6. The fraction of sp³-hybridized carbons (Fsp3) is 0.860. The first-order chi connectivity index (χ1) is 24.4. The minimum Gasteiger partial charge on any atom is -0.319 e. The highest BCUT2D eigenvalue weighted by molar-refractivity contribution is 7.46. The number of phosphoric ester groups is 1. The van der Waals surface area contributed by atoms with E-state index in [9.17, 15) is 23.9 Å². The molecular formula is C43H83NO6P+. The van der Waals surface area contributed by atoms with Crippen LogP contribution in [0, 0.1) is 0 Å². The van der Waals surface area contributed by atoms with Crippen molar-refractivity contribution in [2.24, 2.45) is 0 Å². The second-order valence-electron chi connectivity index (χ2n) is 15.9. The predicted molar refractivity (Wildman–Crippen MR) is 217 cm³/mol. The molecule has 7 nitrogen and oxygen atoms in total. The maximum Gasteiger partial charge on any atom is 0.470 e. The minimum absolute atomic E-state index is 0.0281. The summed E-state index contributed by atoms with van der Waals surface area (Å²) in [5.41, 5.74) is -1.86. The maximum absolute atomic E-state index is 13.9. The zero-order valence-corrected chi connectivity index (χ0v) is 35.2. The lowest BCUT2D eigenvalue weighted by molar-refractivity contribution is -0.892. The molecule has 8 heteroatoms. The van der Waals surface area contributed by atoms with Crippen LogP contribution in [0.5, 0.6) is 0 Å². The first-order valence-electron chi connectivity index (χ1n) is 21.3. The molecule has 0 radical (unpaired) electrons. The van der Waals surface area contributed by atoms with E-state index in [2.05, 4.69) is 38.2 Å². The van der Waals surface area contributed by atoms with Crippen molar-refractivity contribution in [1.29, 1.82) is 0 Å². The number of hydrogen-bond acceptors (Lipinski definition) is 4. The Balaban J connectivity index is 4.79. The van der Waals surface area contributed by atoms with Crippen LogP contribution >= 0.6 is 7.82 Å². The molecule has 0 rings (SSSR count). The van der Waals surface area contributed by atoms with Crippen LogP contribution < -0.4 is 0 Å². The number of carbonyl (C=O) groups is 2. The maximum atomic E-state index is 13.9. The third-order valence-electron chi connectivity index (χ3n) is 10.2. The van der Waals surface area contributed by atoms with Crippen molar-refractivity contribution in [2.45, 2.75) is 219 Å². The van der Waals surface area contributed by atoms with Crippen LogP contribution in [-0.4, -0.2) is 58.6 Å². The lowest BCUT2D eigenvalue weighted by atomic mass is 9.79. The van der Waals surface area contributed by atoms with Crippen molar-refractivity contribution in [3.05, 3.63) is 24.3 Å². The van der Waals surface area contributed by atoms with Crippen LogP contribution in [0.2, 0.25) is 0 Å². The molecule has 0 aliphatic heterocycles. The van der Waals surface area contributed by atoms with Crippen LogP contribution in [0.3, 0.4) is 0 Å². The second kappa shape index (κ2) is 31.3. The van der Waals surface area contributed by atoms with Crippen molar-refractivity contribution in [3.8, 4) is 0 Å². The number of unbranched alkanes of at least 4 members (excludes halogenated alkanes) is 22. The van der Waals surface area contributed by atoms with Gasteiger partial charge in [0.1, 0.15) is 0 Å². The molecule has 2 atom stereocenters.